The van der Waals surface area contributed by atoms with Crippen LogP contribution in [0.3, 0.4) is 0 Å². The summed E-state index contributed by atoms with van der Waals surface area (Å²) in [5, 5.41) is 0.457. The molecule has 0 aromatic heterocycles. The molecule has 0 aliphatic carbocycles. The van der Waals surface area contributed by atoms with E-state index >= 15 is 0 Å². The van der Waals surface area contributed by atoms with E-state index in [0.717, 1.165) is 4.90 Å². The normalized spacial score (nSPS) is 10.3. The van der Waals surface area contributed by atoms with E-state index in [2.05, 4.69) is 6.07 Å². The number of hydrogen-bond donors (Lipinski definition) is 0. The standard InChI is InChI=1S/C16H15ClO2S/c1-11-4-3-5-13(8-11)20-10-15(18)12-6-7-16(19-2)14(17)9-12/h3-9H,10H2,1-2H3. The van der Waals surface area contributed by atoms with Gasteiger partial charge in [0.25, 0.3) is 0 Å². The Bertz CT molecular complexity index is 626. The van der Waals surface area contributed by atoms with E-state index in [4.69, 9.17) is 16.3 Å². The number of Topliss-reactive ketones (excluding diaryl/α,β-unsaturated/α-hetero) is 1. The number of carbonyl (C=O) groups is 1. The fraction of sp³-hybridized carbons (Fsp3) is 0.188. The van der Waals surface area contributed by atoms with E-state index in [1.54, 1.807) is 25.3 Å². The summed E-state index contributed by atoms with van der Waals surface area (Å²) in [6, 6.07) is 13.2. The highest BCUT2D eigenvalue weighted by atomic mass is 35.5. The summed E-state index contributed by atoms with van der Waals surface area (Å²) in [5.74, 6) is 1.03. The van der Waals surface area contributed by atoms with Crippen molar-refractivity contribution in [1.82, 2.24) is 0 Å². The number of ketones is 1. The summed E-state index contributed by atoms with van der Waals surface area (Å²) < 4.78 is 5.07. The molecule has 0 saturated carbocycles. The van der Waals surface area contributed by atoms with Crippen molar-refractivity contribution >= 4 is 29.1 Å². The molecule has 0 heterocycles. The number of ether oxygens (including phenoxy) is 1. The summed E-state index contributed by atoms with van der Waals surface area (Å²) >= 11 is 7.56. The number of rotatable bonds is 5. The monoisotopic (exact) mass is 306 g/mol. The van der Waals surface area contributed by atoms with Gasteiger partial charge in [0, 0.05) is 10.5 Å². The lowest BCUT2D eigenvalue weighted by atomic mass is 10.1. The molecule has 0 amide bonds. The van der Waals surface area contributed by atoms with Crippen molar-refractivity contribution in [2.75, 3.05) is 12.9 Å². The van der Waals surface area contributed by atoms with Crippen molar-refractivity contribution < 1.29 is 9.53 Å². The van der Waals surface area contributed by atoms with Gasteiger partial charge in [0.05, 0.1) is 17.9 Å². The number of thioether (sulfide) groups is 1. The van der Waals surface area contributed by atoms with E-state index in [1.807, 2.05) is 25.1 Å². The summed E-state index contributed by atoms with van der Waals surface area (Å²) in [6.45, 7) is 2.04. The van der Waals surface area contributed by atoms with Crippen LogP contribution in [0.2, 0.25) is 5.02 Å². The number of methoxy groups -OCH3 is 1. The van der Waals surface area contributed by atoms with Gasteiger partial charge in [-0.3, -0.25) is 4.79 Å². The molecule has 0 unspecified atom stereocenters. The van der Waals surface area contributed by atoms with Crippen molar-refractivity contribution in [1.29, 1.82) is 0 Å². The molecule has 0 atom stereocenters. The molecule has 0 spiro atoms. The fourth-order valence-corrected chi connectivity index (χ4v) is 2.94. The average molecular weight is 307 g/mol. The Kier molecular flexibility index (Phi) is 5.10. The van der Waals surface area contributed by atoms with E-state index in [1.165, 1.54) is 17.3 Å². The summed E-state index contributed by atoms with van der Waals surface area (Å²) in [7, 11) is 1.55. The second-order valence-electron chi connectivity index (χ2n) is 4.38. The highest BCUT2D eigenvalue weighted by Crippen LogP contribution is 2.26. The molecule has 0 aliphatic heterocycles. The van der Waals surface area contributed by atoms with Crippen LogP contribution in [-0.2, 0) is 0 Å². The van der Waals surface area contributed by atoms with Gasteiger partial charge in [-0.15, -0.1) is 11.8 Å². The molecule has 2 nitrogen and oxygen atoms in total. The predicted molar refractivity (Wildman–Crippen MR) is 84.2 cm³/mol. The SMILES string of the molecule is COc1ccc(C(=O)CSc2cccc(C)c2)cc1Cl. The van der Waals surface area contributed by atoms with Gasteiger partial charge in [-0.1, -0.05) is 29.3 Å². The van der Waals surface area contributed by atoms with Gasteiger partial charge in [0.2, 0.25) is 0 Å². The van der Waals surface area contributed by atoms with Crippen molar-refractivity contribution in [3.05, 3.63) is 58.6 Å². The second-order valence-corrected chi connectivity index (χ2v) is 5.83. The van der Waals surface area contributed by atoms with Crippen LogP contribution in [-0.4, -0.2) is 18.6 Å². The molecule has 0 N–H and O–H groups in total. The first-order valence-electron chi connectivity index (χ1n) is 6.16. The molecule has 0 radical (unpaired) electrons. The topological polar surface area (TPSA) is 26.3 Å². The zero-order chi connectivity index (χ0) is 14.5. The van der Waals surface area contributed by atoms with E-state index in [9.17, 15) is 4.79 Å². The molecule has 104 valence electrons. The Balaban J connectivity index is 2.03. The molecule has 20 heavy (non-hydrogen) atoms. The second kappa shape index (κ2) is 6.82. The molecule has 0 fully saturated rings. The third kappa shape index (κ3) is 3.78. The first-order chi connectivity index (χ1) is 9.60. The Hall–Kier alpha value is -1.45. The van der Waals surface area contributed by atoms with Crippen LogP contribution >= 0.6 is 23.4 Å². The molecule has 0 aliphatic rings. The number of benzene rings is 2. The van der Waals surface area contributed by atoms with Crippen molar-refractivity contribution in [3.8, 4) is 5.75 Å². The Morgan fingerprint density at radius 1 is 1.25 bits per heavy atom. The first-order valence-corrected chi connectivity index (χ1v) is 7.52. The van der Waals surface area contributed by atoms with Crippen LogP contribution in [0.25, 0.3) is 0 Å². The minimum absolute atomic E-state index is 0.0565. The van der Waals surface area contributed by atoms with E-state index < -0.39 is 0 Å². The molecular weight excluding hydrogens is 292 g/mol. The maximum absolute atomic E-state index is 12.1. The van der Waals surface area contributed by atoms with Crippen LogP contribution in [0.4, 0.5) is 0 Å². The van der Waals surface area contributed by atoms with Crippen LogP contribution in [0, 0.1) is 6.92 Å². The highest BCUT2D eigenvalue weighted by Gasteiger charge is 2.09. The third-order valence-corrected chi connectivity index (χ3v) is 4.12. The zero-order valence-corrected chi connectivity index (χ0v) is 12.9. The van der Waals surface area contributed by atoms with Crippen molar-refractivity contribution in [2.45, 2.75) is 11.8 Å². The lowest BCUT2D eigenvalue weighted by Gasteiger charge is -2.06. The molecule has 2 rings (SSSR count). The van der Waals surface area contributed by atoms with Gasteiger partial charge in [-0.05, 0) is 37.3 Å². The van der Waals surface area contributed by atoms with Crippen LogP contribution in [0.15, 0.2) is 47.4 Å². The van der Waals surface area contributed by atoms with Gasteiger partial charge in [-0.25, -0.2) is 0 Å². The summed E-state index contributed by atoms with van der Waals surface area (Å²) in [5.41, 5.74) is 1.80. The van der Waals surface area contributed by atoms with E-state index in [0.29, 0.717) is 22.1 Å². The molecular formula is C16H15ClO2S. The number of hydrogen-bond acceptors (Lipinski definition) is 3. The van der Waals surface area contributed by atoms with Crippen molar-refractivity contribution in [3.63, 3.8) is 0 Å². The number of aryl methyl sites for hydroxylation is 1. The van der Waals surface area contributed by atoms with Crippen LogP contribution in [0.1, 0.15) is 15.9 Å². The van der Waals surface area contributed by atoms with Crippen LogP contribution < -0.4 is 4.74 Å². The first kappa shape index (κ1) is 14.9. The molecule has 2 aromatic carbocycles. The maximum Gasteiger partial charge on any atom is 0.173 e. The van der Waals surface area contributed by atoms with Gasteiger partial charge >= 0.3 is 0 Å². The molecule has 0 saturated heterocycles. The smallest absolute Gasteiger partial charge is 0.173 e. The maximum atomic E-state index is 12.1. The number of halogens is 1. The molecule has 0 bridgehead atoms. The predicted octanol–water partition coefficient (Wildman–Crippen LogP) is 4.63. The lowest BCUT2D eigenvalue weighted by Crippen LogP contribution is -2.02. The van der Waals surface area contributed by atoms with Crippen LogP contribution in [0.5, 0.6) is 5.75 Å². The number of carbonyl (C=O) groups excluding carboxylic acids is 1. The molecule has 2 aromatic rings. The van der Waals surface area contributed by atoms with Gasteiger partial charge in [0.1, 0.15) is 5.75 Å². The minimum atomic E-state index is 0.0565. The van der Waals surface area contributed by atoms with Crippen molar-refractivity contribution in [2.24, 2.45) is 0 Å². The van der Waals surface area contributed by atoms with Gasteiger partial charge in [-0.2, -0.15) is 0 Å². The highest BCUT2D eigenvalue weighted by molar-refractivity contribution is 8.00. The zero-order valence-electron chi connectivity index (χ0n) is 11.4. The van der Waals surface area contributed by atoms with E-state index in [-0.39, 0.29) is 5.78 Å². The Labute approximate surface area is 128 Å². The third-order valence-electron chi connectivity index (χ3n) is 2.83. The minimum Gasteiger partial charge on any atom is -0.495 e. The summed E-state index contributed by atoms with van der Waals surface area (Å²) in [6.07, 6.45) is 0. The Morgan fingerprint density at radius 2 is 2.05 bits per heavy atom. The largest absolute Gasteiger partial charge is 0.495 e. The van der Waals surface area contributed by atoms with Gasteiger partial charge < -0.3 is 4.74 Å². The summed E-state index contributed by atoms with van der Waals surface area (Å²) in [4.78, 5) is 13.2. The molecule has 4 heteroatoms. The quantitative estimate of drug-likeness (QED) is 0.595. The fourth-order valence-electron chi connectivity index (χ4n) is 1.78. The van der Waals surface area contributed by atoms with Gasteiger partial charge in [0.15, 0.2) is 5.78 Å². The lowest BCUT2D eigenvalue weighted by molar-refractivity contribution is 0.102. The average Bonchev–Trinajstić information content (AvgIpc) is 2.44. The Morgan fingerprint density at radius 3 is 2.70 bits per heavy atom.